The molecule has 0 radical (unpaired) electrons. The lowest BCUT2D eigenvalue weighted by Gasteiger charge is -2.26. The largest absolute Gasteiger partial charge is 0.373 e. The molecular formula is C13H17ClN4O. The van der Waals surface area contributed by atoms with Gasteiger partial charge in [-0.25, -0.2) is 4.98 Å². The van der Waals surface area contributed by atoms with Gasteiger partial charge >= 0.3 is 0 Å². The van der Waals surface area contributed by atoms with Crippen LogP contribution in [0.3, 0.4) is 0 Å². The number of anilines is 1. The fourth-order valence-electron chi connectivity index (χ4n) is 1.68. The number of hydrogen-bond acceptors (Lipinski definition) is 4. The minimum atomic E-state index is -0.147. The summed E-state index contributed by atoms with van der Waals surface area (Å²) in [4.78, 5) is 18.1. The number of rotatable bonds is 5. The topological polar surface area (TPSA) is 69.0 Å². The number of pyridine rings is 1. The van der Waals surface area contributed by atoms with Crippen LogP contribution in [0.4, 0.5) is 5.82 Å². The summed E-state index contributed by atoms with van der Waals surface area (Å²) in [5.74, 6) is 0.394. The Bertz CT molecular complexity index is 496. The van der Waals surface area contributed by atoms with Crippen molar-refractivity contribution in [2.45, 2.75) is 26.3 Å². The van der Waals surface area contributed by atoms with Crippen molar-refractivity contribution in [3.05, 3.63) is 22.8 Å². The van der Waals surface area contributed by atoms with E-state index < -0.39 is 0 Å². The Morgan fingerprint density at radius 2 is 2.26 bits per heavy atom. The van der Waals surface area contributed by atoms with Crippen LogP contribution >= 0.6 is 11.6 Å². The molecule has 0 unspecified atom stereocenters. The molecule has 0 aliphatic heterocycles. The summed E-state index contributed by atoms with van der Waals surface area (Å²) in [5.41, 5.74) is 0.469. The maximum atomic E-state index is 12.4. The van der Waals surface area contributed by atoms with Crippen LogP contribution in [0, 0.1) is 11.3 Å². The number of nitrogens with zero attached hydrogens (tertiary/aromatic N) is 3. The molecule has 1 heterocycles. The normalized spacial score (nSPS) is 10.1. The molecule has 0 atom stereocenters. The Hall–Kier alpha value is -1.80. The highest BCUT2D eigenvalue weighted by Crippen LogP contribution is 2.17. The van der Waals surface area contributed by atoms with Crippen molar-refractivity contribution in [1.29, 1.82) is 5.26 Å². The number of carbonyl (C=O) groups excluding carboxylic acids is 1. The first kappa shape index (κ1) is 15.3. The first-order valence-corrected chi connectivity index (χ1v) is 6.40. The molecule has 1 N–H and O–H groups in total. The average Bonchev–Trinajstić information content (AvgIpc) is 2.37. The van der Waals surface area contributed by atoms with Crippen molar-refractivity contribution in [2.24, 2.45) is 0 Å². The van der Waals surface area contributed by atoms with E-state index in [0.717, 1.165) is 0 Å². The molecule has 0 fully saturated rings. The highest BCUT2D eigenvalue weighted by atomic mass is 35.5. The maximum Gasteiger partial charge on any atom is 0.254 e. The predicted molar refractivity (Wildman–Crippen MR) is 75.2 cm³/mol. The van der Waals surface area contributed by atoms with Crippen LogP contribution in [-0.4, -0.2) is 35.4 Å². The van der Waals surface area contributed by atoms with Crippen molar-refractivity contribution in [1.82, 2.24) is 9.88 Å². The Kier molecular flexibility index (Phi) is 5.58. The Morgan fingerprint density at radius 1 is 1.58 bits per heavy atom. The summed E-state index contributed by atoms with van der Waals surface area (Å²) in [5, 5.41) is 11.8. The van der Waals surface area contributed by atoms with Crippen molar-refractivity contribution in [3.8, 4) is 6.07 Å². The third-order valence-electron chi connectivity index (χ3n) is 2.65. The predicted octanol–water partition coefficient (Wildman–Crippen LogP) is 2.54. The molecule has 1 aromatic rings. The Morgan fingerprint density at radius 3 is 2.79 bits per heavy atom. The molecule has 1 amide bonds. The third-order valence-corrected chi connectivity index (χ3v) is 2.84. The van der Waals surface area contributed by atoms with Crippen LogP contribution in [0.2, 0.25) is 5.15 Å². The van der Waals surface area contributed by atoms with Gasteiger partial charge in [0.2, 0.25) is 0 Å². The van der Waals surface area contributed by atoms with Gasteiger partial charge in [0.05, 0.1) is 12.5 Å². The highest BCUT2D eigenvalue weighted by molar-refractivity contribution is 6.29. The number of halogens is 1. The van der Waals surface area contributed by atoms with Crippen LogP contribution in [0.1, 0.15) is 30.6 Å². The van der Waals surface area contributed by atoms with Gasteiger partial charge in [0, 0.05) is 25.2 Å². The molecule has 0 aliphatic rings. The summed E-state index contributed by atoms with van der Waals surface area (Å²) in [6.07, 6.45) is 0.307. The summed E-state index contributed by atoms with van der Waals surface area (Å²) in [7, 11) is 1.71. The van der Waals surface area contributed by atoms with Gasteiger partial charge < -0.3 is 10.2 Å². The lowest BCUT2D eigenvalue weighted by Crippen LogP contribution is -2.37. The third kappa shape index (κ3) is 4.11. The average molecular weight is 281 g/mol. The molecule has 19 heavy (non-hydrogen) atoms. The van der Waals surface area contributed by atoms with E-state index in [-0.39, 0.29) is 17.1 Å². The first-order chi connectivity index (χ1) is 8.99. The lowest BCUT2D eigenvalue weighted by atomic mass is 10.2. The van der Waals surface area contributed by atoms with E-state index in [2.05, 4.69) is 10.3 Å². The minimum absolute atomic E-state index is 0.0193. The molecule has 0 saturated heterocycles. The van der Waals surface area contributed by atoms with Gasteiger partial charge in [-0.1, -0.05) is 11.6 Å². The molecule has 102 valence electrons. The zero-order valence-electron chi connectivity index (χ0n) is 11.3. The maximum absolute atomic E-state index is 12.4. The van der Waals surface area contributed by atoms with Gasteiger partial charge in [-0.05, 0) is 26.0 Å². The smallest absolute Gasteiger partial charge is 0.254 e. The Labute approximate surface area is 118 Å². The molecule has 1 rings (SSSR count). The van der Waals surface area contributed by atoms with Crippen LogP contribution < -0.4 is 5.32 Å². The van der Waals surface area contributed by atoms with Gasteiger partial charge in [0.1, 0.15) is 11.0 Å². The molecule has 0 bridgehead atoms. The number of carbonyl (C=O) groups is 1. The lowest BCUT2D eigenvalue weighted by molar-refractivity contribution is 0.0710. The van der Waals surface area contributed by atoms with E-state index >= 15 is 0 Å². The quantitative estimate of drug-likeness (QED) is 0.842. The van der Waals surface area contributed by atoms with E-state index in [1.54, 1.807) is 18.0 Å². The van der Waals surface area contributed by atoms with Crippen molar-refractivity contribution in [2.75, 3.05) is 18.9 Å². The number of amides is 1. The van der Waals surface area contributed by atoms with Crippen molar-refractivity contribution >= 4 is 23.3 Å². The van der Waals surface area contributed by atoms with Crippen LogP contribution in [0.15, 0.2) is 12.1 Å². The van der Waals surface area contributed by atoms with Crippen LogP contribution in [-0.2, 0) is 0 Å². The summed E-state index contributed by atoms with van der Waals surface area (Å²) in [6.45, 7) is 4.23. The number of hydrogen-bond donors (Lipinski definition) is 1. The monoisotopic (exact) mass is 280 g/mol. The number of nitriles is 1. The fraction of sp³-hybridized carbons (Fsp3) is 0.462. The van der Waals surface area contributed by atoms with Gasteiger partial charge in [-0.15, -0.1) is 0 Å². The highest BCUT2D eigenvalue weighted by Gasteiger charge is 2.19. The van der Waals surface area contributed by atoms with Crippen LogP contribution in [0.25, 0.3) is 0 Å². The molecule has 1 aromatic heterocycles. The second kappa shape index (κ2) is 6.95. The molecule has 5 nitrogen and oxygen atoms in total. The second-order valence-corrected chi connectivity index (χ2v) is 4.70. The zero-order valence-corrected chi connectivity index (χ0v) is 12.0. The van der Waals surface area contributed by atoms with Crippen molar-refractivity contribution in [3.63, 3.8) is 0 Å². The SMILES string of the molecule is CNc1cc(C(=O)N(CCC#N)C(C)C)cc(Cl)n1. The molecule has 6 heteroatoms. The Balaban J connectivity index is 3.02. The van der Waals surface area contributed by atoms with Crippen LogP contribution in [0.5, 0.6) is 0 Å². The molecular weight excluding hydrogens is 264 g/mol. The molecule has 0 spiro atoms. The van der Waals surface area contributed by atoms with Gasteiger partial charge in [-0.3, -0.25) is 4.79 Å². The summed E-state index contributed by atoms with van der Waals surface area (Å²) in [6, 6.07) is 5.25. The van der Waals surface area contributed by atoms with E-state index in [9.17, 15) is 4.79 Å². The van der Waals surface area contributed by atoms with E-state index in [1.165, 1.54) is 6.07 Å². The second-order valence-electron chi connectivity index (χ2n) is 4.31. The molecule has 0 aromatic carbocycles. The first-order valence-electron chi connectivity index (χ1n) is 6.02. The molecule has 0 aliphatic carbocycles. The summed E-state index contributed by atoms with van der Waals surface area (Å²) < 4.78 is 0. The van der Waals surface area contributed by atoms with E-state index in [4.69, 9.17) is 16.9 Å². The standard InChI is InChI=1S/C13H17ClN4O/c1-9(2)18(6-4-5-15)13(19)10-7-11(14)17-12(8-10)16-3/h7-9H,4,6H2,1-3H3,(H,16,17). The summed E-state index contributed by atoms with van der Waals surface area (Å²) >= 11 is 5.89. The fourth-order valence-corrected chi connectivity index (χ4v) is 1.89. The number of nitrogens with one attached hydrogen (secondary N) is 1. The van der Waals surface area contributed by atoms with Gasteiger partial charge in [-0.2, -0.15) is 5.26 Å². The van der Waals surface area contributed by atoms with Gasteiger partial charge in [0.15, 0.2) is 0 Å². The zero-order chi connectivity index (χ0) is 14.4. The van der Waals surface area contributed by atoms with E-state index in [1.807, 2.05) is 19.9 Å². The minimum Gasteiger partial charge on any atom is -0.373 e. The van der Waals surface area contributed by atoms with Gasteiger partial charge in [0.25, 0.3) is 5.91 Å². The van der Waals surface area contributed by atoms with Crippen molar-refractivity contribution < 1.29 is 4.79 Å². The van der Waals surface area contributed by atoms with E-state index in [0.29, 0.717) is 24.3 Å². The molecule has 0 saturated carbocycles. The number of aromatic nitrogens is 1.